The molecule has 1 aliphatic rings. The molecule has 0 radical (unpaired) electrons. The standard InChI is InChI=1S/C12H18N2O2/c13-7-10-8-14-5-4-12(10)16-9-11-3-1-2-6-15-11/h4-5,8,11H,1-3,6-7,9,13H2. The minimum Gasteiger partial charge on any atom is -0.490 e. The molecular formula is C12H18N2O2. The van der Waals surface area contributed by atoms with Crippen LogP contribution in [0, 0.1) is 0 Å². The van der Waals surface area contributed by atoms with Gasteiger partial charge in [0.25, 0.3) is 0 Å². The zero-order chi connectivity index (χ0) is 11.2. The summed E-state index contributed by atoms with van der Waals surface area (Å²) >= 11 is 0. The Labute approximate surface area is 95.8 Å². The lowest BCUT2D eigenvalue weighted by molar-refractivity contribution is -0.0112. The van der Waals surface area contributed by atoms with E-state index in [1.54, 1.807) is 12.4 Å². The Morgan fingerprint density at radius 2 is 2.44 bits per heavy atom. The summed E-state index contributed by atoms with van der Waals surface area (Å²) in [5.41, 5.74) is 6.55. The summed E-state index contributed by atoms with van der Waals surface area (Å²) in [6.45, 7) is 1.92. The van der Waals surface area contributed by atoms with Gasteiger partial charge in [-0.2, -0.15) is 0 Å². The van der Waals surface area contributed by atoms with Crippen LogP contribution < -0.4 is 10.5 Å². The Morgan fingerprint density at radius 1 is 1.50 bits per heavy atom. The van der Waals surface area contributed by atoms with Gasteiger partial charge in [-0.15, -0.1) is 0 Å². The molecule has 1 fully saturated rings. The molecule has 1 aliphatic heterocycles. The molecule has 4 nitrogen and oxygen atoms in total. The Balaban J connectivity index is 1.88. The molecule has 1 aromatic heterocycles. The van der Waals surface area contributed by atoms with Crippen LogP contribution in [0.4, 0.5) is 0 Å². The topological polar surface area (TPSA) is 57.4 Å². The number of nitrogens with zero attached hydrogens (tertiary/aromatic N) is 1. The number of hydrogen-bond donors (Lipinski definition) is 1. The zero-order valence-electron chi connectivity index (χ0n) is 9.39. The molecule has 1 unspecified atom stereocenters. The summed E-state index contributed by atoms with van der Waals surface area (Å²) in [6, 6.07) is 1.85. The molecule has 2 rings (SSSR count). The lowest BCUT2D eigenvalue weighted by atomic mass is 10.1. The molecule has 0 aliphatic carbocycles. The highest BCUT2D eigenvalue weighted by atomic mass is 16.5. The summed E-state index contributed by atoms with van der Waals surface area (Å²) in [7, 11) is 0. The van der Waals surface area contributed by atoms with Gasteiger partial charge in [0, 0.05) is 31.1 Å². The number of hydrogen-bond acceptors (Lipinski definition) is 4. The zero-order valence-corrected chi connectivity index (χ0v) is 9.39. The molecule has 88 valence electrons. The van der Waals surface area contributed by atoms with Crippen LogP contribution >= 0.6 is 0 Å². The van der Waals surface area contributed by atoms with Gasteiger partial charge >= 0.3 is 0 Å². The number of ether oxygens (including phenoxy) is 2. The van der Waals surface area contributed by atoms with Gasteiger partial charge in [-0.3, -0.25) is 4.98 Å². The van der Waals surface area contributed by atoms with E-state index in [0.29, 0.717) is 13.2 Å². The maximum atomic E-state index is 5.72. The SMILES string of the molecule is NCc1cnccc1OCC1CCCCO1. The maximum absolute atomic E-state index is 5.72. The molecule has 2 heterocycles. The van der Waals surface area contributed by atoms with Crippen LogP contribution in [0.1, 0.15) is 24.8 Å². The number of aromatic nitrogens is 1. The second-order valence-electron chi connectivity index (χ2n) is 3.99. The second-order valence-corrected chi connectivity index (χ2v) is 3.99. The minimum atomic E-state index is 0.229. The molecule has 1 saturated heterocycles. The van der Waals surface area contributed by atoms with Gasteiger partial charge in [-0.25, -0.2) is 0 Å². The van der Waals surface area contributed by atoms with Crippen molar-refractivity contribution in [2.24, 2.45) is 5.73 Å². The summed E-state index contributed by atoms with van der Waals surface area (Å²) < 4.78 is 11.3. The normalized spacial score (nSPS) is 20.7. The lowest BCUT2D eigenvalue weighted by Crippen LogP contribution is -2.26. The molecule has 4 heteroatoms. The van der Waals surface area contributed by atoms with Crippen molar-refractivity contribution in [2.75, 3.05) is 13.2 Å². The fraction of sp³-hybridized carbons (Fsp3) is 0.583. The van der Waals surface area contributed by atoms with Crippen molar-refractivity contribution < 1.29 is 9.47 Å². The average Bonchev–Trinajstić information content (AvgIpc) is 2.38. The van der Waals surface area contributed by atoms with Gasteiger partial charge in [0.2, 0.25) is 0 Å². The van der Waals surface area contributed by atoms with E-state index < -0.39 is 0 Å². The van der Waals surface area contributed by atoms with Crippen LogP contribution in [-0.2, 0) is 11.3 Å². The highest BCUT2D eigenvalue weighted by molar-refractivity contribution is 5.29. The van der Waals surface area contributed by atoms with Crippen molar-refractivity contribution in [1.29, 1.82) is 0 Å². The van der Waals surface area contributed by atoms with Gasteiger partial charge in [-0.1, -0.05) is 0 Å². The van der Waals surface area contributed by atoms with Crippen LogP contribution in [0.5, 0.6) is 5.75 Å². The van der Waals surface area contributed by atoms with Gasteiger partial charge in [0.05, 0.1) is 6.10 Å². The Hall–Kier alpha value is -1.13. The van der Waals surface area contributed by atoms with Crippen molar-refractivity contribution in [1.82, 2.24) is 4.98 Å². The Morgan fingerprint density at radius 3 is 3.19 bits per heavy atom. The third-order valence-corrected chi connectivity index (χ3v) is 2.78. The maximum Gasteiger partial charge on any atom is 0.126 e. The van der Waals surface area contributed by atoms with E-state index in [2.05, 4.69) is 4.98 Å². The number of nitrogens with two attached hydrogens (primary N) is 1. The molecule has 0 amide bonds. The third-order valence-electron chi connectivity index (χ3n) is 2.78. The van der Waals surface area contributed by atoms with Gasteiger partial charge in [0.15, 0.2) is 0 Å². The average molecular weight is 222 g/mol. The largest absolute Gasteiger partial charge is 0.490 e. The van der Waals surface area contributed by atoms with E-state index in [9.17, 15) is 0 Å². The molecule has 1 aromatic rings. The first-order valence-corrected chi connectivity index (χ1v) is 5.77. The summed E-state index contributed by atoms with van der Waals surface area (Å²) in [5.74, 6) is 0.826. The van der Waals surface area contributed by atoms with Gasteiger partial charge in [-0.05, 0) is 25.3 Å². The Kier molecular flexibility index (Phi) is 4.13. The van der Waals surface area contributed by atoms with Crippen LogP contribution in [0.2, 0.25) is 0 Å². The first kappa shape index (κ1) is 11.4. The predicted octanol–water partition coefficient (Wildman–Crippen LogP) is 1.49. The monoisotopic (exact) mass is 222 g/mol. The van der Waals surface area contributed by atoms with E-state index >= 15 is 0 Å². The van der Waals surface area contributed by atoms with E-state index in [1.807, 2.05) is 6.07 Å². The summed E-state index contributed by atoms with van der Waals surface area (Å²) in [6.07, 6.45) is 7.18. The third kappa shape index (κ3) is 2.93. The van der Waals surface area contributed by atoms with Crippen molar-refractivity contribution >= 4 is 0 Å². The van der Waals surface area contributed by atoms with E-state index in [0.717, 1.165) is 24.3 Å². The van der Waals surface area contributed by atoms with Crippen molar-refractivity contribution in [3.05, 3.63) is 24.0 Å². The fourth-order valence-electron chi connectivity index (χ4n) is 1.83. The van der Waals surface area contributed by atoms with E-state index in [4.69, 9.17) is 15.2 Å². The Bertz CT molecular complexity index is 325. The first-order chi connectivity index (χ1) is 7.90. The van der Waals surface area contributed by atoms with Crippen LogP contribution in [0.3, 0.4) is 0 Å². The quantitative estimate of drug-likeness (QED) is 0.838. The van der Waals surface area contributed by atoms with Crippen molar-refractivity contribution in [3.63, 3.8) is 0 Å². The number of rotatable bonds is 4. The highest BCUT2D eigenvalue weighted by Gasteiger charge is 2.14. The highest BCUT2D eigenvalue weighted by Crippen LogP contribution is 2.18. The summed E-state index contributed by atoms with van der Waals surface area (Å²) in [5, 5.41) is 0. The number of pyridine rings is 1. The molecule has 16 heavy (non-hydrogen) atoms. The van der Waals surface area contributed by atoms with Crippen LogP contribution in [-0.4, -0.2) is 24.3 Å². The molecule has 2 N–H and O–H groups in total. The first-order valence-electron chi connectivity index (χ1n) is 5.77. The van der Waals surface area contributed by atoms with Crippen molar-refractivity contribution in [2.45, 2.75) is 31.9 Å². The fourth-order valence-corrected chi connectivity index (χ4v) is 1.83. The van der Waals surface area contributed by atoms with Crippen molar-refractivity contribution in [3.8, 4) is 5.75 Å². The molecule has 1 atom stereocenters. The second kappa shape index (κ2) is 5.82. The van der Waals surface area contributed by atoms with Crippen LogP contribution in [0.25, 0.3) is 0 Å². The molecule has 0 aromatic carbocycles. The van der Waals surface area contributed by atoms with E-state index in [-0.39, 0.29) is 6.10 Å². The van der Waals surface area contributed by atoms with E-state index in [1.165, 1.54) is 12.8 Å². The van der Waals surface area contributed by atoms with Crippen LogP contribution in [0.15, 0.2) is 18.5 Å². The smallest absolute Gasteiger partial charge is 0.126 e. The van der Waals surface area contributed by atoms with Gasteiger partial charge < -0.3 is 15.2 Å². The molecular weight excluding hydrogens is 204 g/mol. The molecule has 0 bridgehead atoms. The van der Waals surface area contributed by atoms with Gasteiger partial charge in [0.1, 0.15) is 12.4 Å². The predicted molar refractivity (Wildman–Crippen MR) is 61.2 cm³/mol. The molecule has 0 spiro atoms. The summed E-state index contributed by atoms with van der Waals surface area (Å²) in [4.78, 5) is 4.02. The molecule has 0 saturated carbocycles. The lowest BCUT2D eigenvalue weighted by Gasteiger charge is -2.23. The minimum absolute atomic E-state index is 0.229.